The summed E-state index contributed by atoms with van der Waals surface area (Å²) in [7, 11) is -3.49. The first-order valence-electron chi connectivity index (χ1n) is 8.57. The van der Waals surface area contributed by atoms with Crippen LogP contribution in [0.3, 0.4) is 0 Å². The first-order chi connectivity index (χ1) is 11.0. The van der Waals surface area contributed by atoms with Crippen molar-refractivity contribution in [2.24, 2.45) is 5.92 Å². The smallest absolute Gasteiger partial charge is 0.243 e. The van der Waals surface area contributed by atoms with Crippen molar-refractivity contribution in [1.82, 2.24) is 4.31 Å². The summed E-state index contributed by atoms with van der Waals surface area (Å²) in [5.41, 5.74) is 0. The van der Waals surface area contributed by atoms with Gasteiger partial charge in [-0.25, -0.2) is 12.8 Å². The third-order valence-electron chi connectivity index (χ3n) is 5.29. The number of nitrogens with zero attached hydrogens (tertiary/aromatic N) is 1. The largest absolute Gasteiger partial charge is 0.332 e. The average molecular weight is 341 g/mol. The third-order valence-corrected chi connectivity index (χ3v) is 7.20. The zero-order valence-electron chi connectivity index (χ0n) is 13.7. The maximum Gasteiger partial charge on any atom is 0.243 e. The third kappa shape index (κ3) is 3.75. The minimum absolute atomic E-state index is 0.191. The van der Waals surface area contributed by atoms with E-state index in [1.807, 2.05) is 0 Å². The monoisotopic (exact) mass is 341 g/mol. The van der Waals surface area contributed by atoms with Crippen LogP contribution in [0.5, 0.6) is 0 Å². The van der Waals surface area contributed by atoms with E-state index in [9.17, 15) is 12.8 Å². The molecule has 0 aliphatic carbocycles. The molecule has 1 aromatic carbocycles. The second-order valence-corrected chi connectivity index (χ2v) is 8.93. The molecule has 1 N–H and O–H groups in total. The second kappa shape index (κ2) is 6.87. The Labute approximate surface area is 138 Å². The molecule has 3 rings (SSSR count). The predicted molar refractivity (Wildman–Crippen MR) is 87.3 cm³/mol. The Morgan fingerprint density at radius 1 is 1.13 bits per heavy atom. The lowest BCUT2D eigenvalue weighted by molar-refractivity contribution is -0.934. The fourth-order valence-electron chi connectivity index (χ4n) is 3.96. The molecule has 2 aliphatic heterocycles. The second-order valence-electron chi connectivity index (χ2n) is 6.99. The van der Waals surface area contributed by atoms with Crippen molar-refractivity contribution in [3.63, 3.8) is 0 Å². The van der Waals surface area contributed by atoms with E-state index >= 15 is 0 Å². The van der Waals surface area contributed by atoms with E-state index in [4.69, 9.17) is 0 Å². The summed E-state index contributed by atoms with van der Waals surface area (Å²) in [6, 6.07) is 5.71. The highest BCUT2D eigenvalue weighted by molar-refractivity contribution is 7.89. The minimum atomic E-state index is -3.49. The first-order valence-corrected chi connectivity index (χ1v) is 10.0. The van der Waals surface area contributed by atoms with Crippen LogP contribution in [-0.4, -0.2) is 44.9 Å². The SMILES string of the molecule is CC1CCC[NH+](C2CCN(S(=O)(=O)c3ccc(F)cc3)CC2)C1. The highest BCUT2D eigenvalue weighted by Gasteiger charge is 2.35. The minimum Gasteiger partial charge on any atom is -0.332 e. The van der Waals surface area contributed by atoms with Gasteiger partial charge in [0.05, 0.1) is 24.0 Å². The van der Waals surface area contributed by atoms with Crippen LogP contribution < -0.4 is 4.90 Å². The lowest BCUT2D eigenvalue weighted by Gasteiger charge is -2.38. The van der Waals surface area contributed by atoms with Crippen LogP contribution in [0.15, 0.2) is 29.2 Å². The van der Waals surface area contributed by atoms with Gasteiger partial charge in [0.15, 0.2) is 0 Å². The highest BCUT2D eigenvalue weighted by Crippen LogP contribution is 2.21. The molecule has 4 nitrogen and oxygen atoms in total. The number of halogens is 1. The molecule has 1 aromatic rings. The predicted octanol–water partition coefficient (Wildman–Crippen LogP) is 1.29. The molecule has 0 spiro atoms. The van der Waals surface area contributed by atoms with Gasteiger partial charge in [0.1, 0.15) is 5.82 Å². The molecule has 6 heteroatoms. The number of hydrogen-bond donors (Lipinski definition) is 1. The number of benzene rings is 1. The van der Waals surface area contributed by atoms with Gasteiger partial charge in [-0.2, -0.15) is 4.31 Å². The van der Waals surface area contributed by atoms with Gasteiger partial charge in [0.2, 0.25) is 10.0 Å². The zero-order chi connectivity index (χ0) is 16.4. The van der Waals surface area contributed by atoms with Crippen molar-refractivity contribution in [2.75, 3.05) is 26.2 Å². The van der Waals surface area contributed by atoms with Crippen molar-refractivity contribution in [3.05, 3.63) is 30.1 Å². The molecule has 2 atom stereocenters. The standard InChI is InChI=1S/C17H25FN2O2S/c1-14-3-2-10-19(13-14)16-8-11-20(12-9-16)23(21,22)17-6-4-15(18)5-7-17/h4-7,14,16H,2-3,8-13H2,1H3/p+1. The van der Waals surface area contributed by atoms with Crippen LogP contribution in [0, 0.1) is 11.7 Å². The van der Waals surface area contributed by atoms with Crippen LogP contribution in [-0.2, 0) is 10.0 Å². The van der Waals surface area contributed by atoms with Gasteiger partial charge in [-0.05, 0) is 37.1 Å². The molecule has 2 saturated heterocycles. The van der Waals surface area contributed by atoms with Crippen molar-refractivity contribution < 1.29 is 17.7 Å². The molecule has 0 bridgehead atoms. The van der Waals surface area contributed by atoms with Crippen LogP contribution in [0.25, 0.3) is 0 Å². The van der Waals surface area contributed by atoms with Gasteiger partial charge >= 0.3 is 0 Å². The molecule has 2 heterocycles. The summed E-state index contributed by atoms with van der Waals surface area (Å²) in [5, 5.41) is 0. The number of likely N-dealkylation sites (tertiary alicyclic amines) is 1. The van der Waals surface area contributed by atoms with Gasteiger partial charge in [0.25, 0.3) is 0 Å². The van der Waals surface area contributed by atoms with E-state index in [-0.39, 0.29) is 4.90 Å². The maximum atomic E-state index is 13.0. The van der Waals surface area contributed by atoms with Crippen molar-refractivity contribution in [1.29, 1.82) is 0 Å². The van der Waals surface area contributed by atoms with Gasteiger partial charge in [-0.1, -0.05) is 6.92 Å². The van der Waals surface area contributed by atoms with E-state index in [0.29, 0.717) is 19.1 Å². The Balaban J connectivity index is 1.63. The number of piperidine rings is 2. The molecule has 2 unspecified atom stereocenters. The molecule has 128 valence electrons. The van der Waals surface area contributed by atoms with Crippen molar-refractivity contribution in [2.45, 2.75) is 43.5 Å². The molecule has 23 heavy (non-hydrogen) atoms. The van der Waals surface area contributed by atoms with E-state index in [1.165, 1.54) is 50.2 Å². The normalized spacial score (nSPS) is 27.9. The number of hydrogen-bond acceptors (Lipinski definition) is 2. The average Bonchev–Trinajstić information content (AvgIpc) is 2.55. The molecular formula is C17H26FN2O2S+. The quantitative estimate of drug-likeness (QED) is 0.900. The summed E-state index contributed by atoms with van der Waals surface area (Å²) in [4.78, 5) is 1.85. The van der Waals surface area contributed by atoms with Crippen molar-refractivity contribution in [3.8, 4) is 0 Å². The zero-order valence-corrected chi connectivity index (χ0v) is 14.5. The van der Waals surface area contributed by atoms with Gasteiger partial charge < -0.3 is 4.90 Å². The highest BCUT2D eigenvalue weighted by atomic mass is 32.2. The van der Waals surface area contributed by atoms with Crippen molar-refractivity contribution >= 4 is 10.0 Å². The van der Waals surface area contributed by atoms with Crippen LogP contribution >= 0.6 is 0 Å². The van der Waals surface area contributed by atoms with Crippen LogP contribution in [0.1, 0.15) is 32.6 Å². The molecule has 2 fully saturated rings. The fourth-order valence-corrected chi connectivity index (χ4v) is 5.43. The maximum absolute atomic E-state index is 13.0. The van der Waals surface area contributed by atoms with Gasteiger partial charge in [0, 0.05) is 31.8 Å². The Kier molecular flexibility index (Phi) is 5.04. The number of nitrogens with one attached hydrogen (secondary N) is 1. The molecular weight excluding hydrogens is 315 g/mol. The lowest BCUT2D eigenvalue weighted by Crippen LogP contribution is -3.17. The van der Waals surface area contributed by atoms with E-state index in [2.05, 4.69) is 6.92 Å². The Morgan fingerprint density at radius 2 is 1.78 bits per heavy atom. The fraction of sp³-hybridized carbons (Fsp3) is 0.647. The Morgan fingerprint density at radius 3 is 2.39 bits per heavy atom. The van der Waals surface area contributed by atoms with Gasteiger partial charge in [-0.15, -0.1) is 0 Å². The summed E-state index contributed by atoms with van der Waals surface area (Å²) < 4.78 is 39.8. The summed E-state index contributed by atoms with van der Waals surface area (Å²) in [6.07, 6.45) is 4.44. The molecule has 0 aromatic heterocycles. The first kappa shape index (κ1) is 16.9. The summed E-state index contributed by atoms with van der Waals surface area (Å²) in [6.45, 7) is 5.90. The van der Waals surface area contributed by atoms with E-state index in [1.54, 1.807) is 9.21 Å². The summed E-state index contributed by atoms with van der Waals surface area (Å²) in [5.74, 6) is 0.366. The van der Waals surface area contributed by atoms with Gasteiger partial charge in [-0.3, -0.25) is 0 Å². The van der Waals surface area contributed by atoms with E-state index < -0.39 is 15.8 Å². The Hall–Kier alpha value is -0.980. The molecule has 0 radical (unpaired) electrons. The molecule has 0 amide bonds. The number of quaternary nitrogens is 1. The van der Waals surface area contributed by atoms with Crippen LogP contribution in [0.4, 0.5) is 4.39 Å². The lowest BCUT2D eigenvalue weighted by atomic mass is 9.96. The summed E-state index contributed by atoms with van der Waals surface area (Å²) >= 11 is 0. The molecule has 2 aliphatic rings. The van der Waals surface area contributed by atoms with E-state index in [0.717, 1.165) is 18.8 Å². The number of rotatable bonds is 3. The number of sulfonamides is 1. The topological polar surface area (TPSA) is 41.8 Å². The molecule has 0 saturated carbocycles. The van der Waals surface area contributed by atoms with Crippen LogP contribution in [0.2, 0.25) is 0 Å². The Bertz CT molecular complexity index is 624.